The lowest BCUT2D eigenvalue weighted by Gasteiger charge is -2.20. The summed E-state index contributed by atoms with van der Waals surface area (Å²) in [5, 5.41) is 11.8. The van der Waals surface area contributed by atoms with Crippen LogP contribution >= 0.6 is 0 Å². The van der Waals surface area contributed by atoms with Gasteiger partial charge in [0.1, 0.15) is 0 Å². The molecule has 3 N–H and O–H groups in total. The number of amidine groups is 1. The number of benzene rings is 2. The molecule has 5 heteroatoms. The molecule has 0 heterocycles. The molecule has 2 rings (SSSR count). The molecule has 0 spiro atoms. The summed E-state index contributed by atoms with van der Waals surface area (Å²) >= 11 is 0. The number of rotatable bonds is 4. The summed E-state index contributed by atoms with van der Waals surface area (Å²) in [6.45, 7) is 0. The van der Waals surface area contributed by atoms with Crippen LogP contribution in [-0.4, -0.2) is 24.0 Å². The highest BCUT2D eigenvalue weighted by Crippen LogP contribution is 2.20. The van der Waals surface area contributed by atoms with E-state index in [0.29, 0.717) is 17.7 Å². The van der Waals surface area contributed by atoms with Crippen molar-refractivity contribution in [1.82, 2.24) is 0 Å². The third-order valence-corrected chi connectivity index (χ3v) is 3.22. The van der Waals surface area contributed by atoms with Gasteiger partial charge in [-0.05, 0) is 17.7 Å². The average Bonchev–Trinajstić information content (AvgIpc) is 2.54. The molecule has 21 heavy (non-hydrogen) atoms. The van der Waals surface area contributed by atoms with Crippen LogP contribution in [0.15, 0.2) is 59.8 Å². The lowest BCUT2D eigenvalue weighted by Crippen LogP contribution is -2.30. The molecule has 0 aliphatic heterocycles. The molecule has 5 nitrogen and oxygen atoms in total. The van der Waals surface area contributed by atoms with E-state index >= 15 is 0 Å². The summed E-state index contributed by atoms with van der Waals surface area (Å²) in [5.41, 5.74) is 7.71. The molecule has 2 aromatic carbocycles. The highest BCUT2D eigenvalue weighted by atomic mass is 16.4. The second-order valence-corrected chi connectivity index (χ2v) is 4.62. The molecule has 0 aliphatic rings. The standard InChI is InChI=1S/C16H17N3O2/c1-19(15(20)11-12-7-3-2-4-8-12)14-10-6-5-9-13(14)16(17)18-21/h2-10,21H,11H2,1H3,(H2,17,18). The Labute approximate surface area is 123 Å². The highest BCUT2D eigenvalue weighted by molar-refractivity contribution is 6.06. The molecule has 1 amide bonds. The van der Waals surface area contributed by atoms with E-state index < -0.39 is 0 Å². The van der Waals surface area contributed by atoms with Gasteiger partial charge in [-0.3, -0.25) is 4.79 Å². The van der Waals surface area contributed by atoms with Crippen molar-refractivity contribution in [2.75, 3.05) is 11.9 Å². The van der Waals surface area contributed by atoms with Crippen molar-refractivity contribution < 1.29 is 10.0 Å². The number of carbonyl (C=O) groups is 1. The first kappa shape index (κ1) is 14.6. The largest absolute Gasteiger partial charge is 0.409 e. The summed E-state index contributed by atoms with van der Waals surface area (Å²) in [6, 6.07) is 16.5. The zero-order valence-electron chi connectivity index (χ0n) is 11.7. The lowest BCUT2D eigenvalue weighted by molar-refractivity contribution is -0.117. The Balaban J connectivity index is 2.24. The smallest absolute Gasteiger partial charge is 0.231 e. The number of anilines is 1. The molecular weight excluding hydrogens is 266 g/mol. The summed E-state index contributed by atoms with van der Waals surface area (Å²) in [5.74, 6) is -0.0932. The van der Waals surface area contributed by atoms with Crippen molar-refractivity contribution >= 4 is 17.4 Å². The normalized spacial score (nSPS) is 11.2. The van der Waals surface area contributed by atoms with Crippen LogP contribution in [0.1, 0.15) is 11.1 Å². The molecule has 0 aromatic heterocycles. The fourth-order valence-corrected chi connectivity index (χ4v) is 2.06. The van der Waals surface area contributed by atoms with E-state index in [1.165, 1.54) is 4.90 Å². The van der Waals surface area contributed by atoms with Crippen molar-refractivity contribution in [3.05, 3.63) is 65.7 Å². The first-order valence-electron chi connectivity index (χ1n) is 6.51. The SMILES string of the molecule is CN(C(=O)Cc1ccccc1)c1ccccc1/C(N)=N/O. The predicted molar refractivity (Wildman–Crippen MR) is 82.5 cm³/mol. The van der Waals surface area contributed by atoms with Crippen molar-refractivity contribution in [3.63, 3.8) is 0 Å². The van der Waals surface area contributed by atoms with Gasteiger partial charge < -0.3 is 15.8 Å². The third-order valence-electron chi connectivity index (χ3n) is 3.22. The maximum Gasteiger partial charge on any atom is 0.231 e. The summed E-state index contributed by atoms with van der Waals surface area (Å²) in [7, 11) is 1.68. The highest BCUT2D eigenvalue weighted by Gasteiger charge is 2.16. The van der Waals surface area contributed by atoms with Crippen LogP contribution in [0.25, 0.3) is 0 Å². The van der Waals surface area contributed by atoms with E-state index in [4.69, 9.17) is 10.9 Å². The van der Waals surface area contributed by atoms with Gasteiger partial charge in [-0.1, -0.05) is 47.6 Å². The van der Waals surface area contributed by atoms with Crippen LogP contribution in [0, 0.1) is 0 Å². The Morgan fingerprint density at radius 3 is 2.43 bits per heavy atom. The summed E-state index contributed by atoms with van der Waals surface area (Å²) < 4.78 is 0. The molecule has 108 valence electrons. The van der Waals surface area contributed by atoms with Crippen molar-refractivity contribution in [2.45, 2.75) is 6.42 Å². The molecule has 0 radical (unpaired) electrons. The monoisotopic (exact) mass is 283 g/mol. The van der Waals surface area contributed by atoms with Gasteiger partial charge in [0, 0.05) is 12.6 Å². The van der Waals surface area contributed by atoms with Crippen molar-refractivity contribution in [2.24, 2.45) is 10.9 Å². The van der Waals surface area contributed by atoms with E-state index in [2.05, 4.69) is 5.16 Å². The number of para-hydroxylation sites is 1. The fraction of sp³-hybridized carbons (Fsp3) is 0.125. The van der Waals surface area contributed by atoms with Gasteiger partial charge in [0.2, 0.25) is 5.91 Å². The van der Waals surface area contributed by atoms with Crippen LogP contribution in [0.2, 0.25) is 0 Å². The minimum atomic E-state index is -0.0700. The van der Waals surface area contributed by atoms with Crippen LogP contribution in [0.5, 0.6) is 0 Å². The van der Waals surface area contributed by atoms with E-state index in [9.17, 15) is 4.79 Å². The van der Waals surface area contributed by atoms with E-state index in [1.807, 2.05) is 30.3 Å². The van der Waals surface area contributed by atoms with E-state index in [1.54, 1.807) is 31.3 Å². The van der Waals surface area contributed by atoms with Gasteiger partial charge in [-0.2, -0.15) is 0 Å². The fourth-order valence-electron chi connectivity index (χ4n) is 2.06. The molecule has 0 atom stereocenters. The first-order valence-corrected chi connectivity index (χ1v) is 6.51. The second kappa shape index (κ2) is 6.56. The van der Waals surface area contributed by atoms with Crippen LogP contribution in [-0.2, 0) is 11.2 Å². The zero-order valence-corrected chi connectivity index (χ0v) is 11.7. The van der Waals surface area contributed by atoms with E-state index in [0.717, 1.165) is 5.56 Å². The Kier molecular flexibility index (Phi) is 4.56. The van der Waals surface area contributed by atoms with Crippen LogP contribution < -0.4 is 10.6 Å². The Hall–Kier alpha value is -2.82. The number of nitrogens with two attached hydrogens (primary N) is 1. The summed E-state index contributed by atoms with van der Waals surface area (Å²) in [6.07, 6.45) is 0.293. The zero-order chi connectivity index (χ0) is 15.2. The molecule has 0 bridgehead atoms. The molecule has 0 saturated heterocycles. The number of carbonyl (C=O) groups excluding carboxylic acids is 1. The average molecular weight is 283 g/mol. The van der Waals surface area contributed by atoms with Gasteiger partial charge in [-0.15, -0.1) is 0 Å². The Morgan fingerprint density at radius 1 is 1.14 bits per heavy atom. The van der Waals surface area contributed by atoms with Crippen molar-refractivity contribution in [1.29, 1.82) is 0 Å². The quantitative estimate of drug-likeness (QED) is 0.390. The maximum absolute atomic E-state index is 12.4. The minimum absolute atomic E-state index is 0.0232. The molecule has 0 fully saturated rings. The van der Waals surface area contributed by atoms with Crippen LogP contribution in [0.3, 0.4) is 0 Å². The number of likely N-dealkylation sites (N-methyl/N-ethyl adjacent to an activating group) is 1. The predicted octanol–water partition coefficient (Wildman–Crippen LogP) is 1.99. The first-order chi connectivity index (χ1) is 10.1. The second-order valence-electron chi connectivity index (χ2n) is 4.62. The van der Waals surface area contributed by atoms with Crippen molar-refractivity contribution in [3.8, 4) is 0 Å². The Bertz CT molecular complexity index is 654. The number of hydrogen-bond acceptors (Lipinski definition) is 3. The van der Waals surface area contributed by atoms with Gasteiger partial charge in [0.05, 0.1) is 12.1 Å². The maximum atomic E-state index is 12.4. The molecule has 0 unspecified atom stereocenters. The van der Waals surface area contributed by atoms with Gasteiger partial charge in [0.25, 0.3) is 0 Å². The number of nitrogens with zero attached hydrogens (tertiary/aromatic N) is 2. The summed E-state index contributed by atoms with van der Waals surface area (Å²) in [4.78, 5) is 13.9. The molecular formula is C16H17N3O2. The minimum Gasteiger partial charge on any atom is -0.409 e. The van der Waals surface area contributed by atoms with Gasteiger partial charge in [-0.25, -0.2) is 0 Å². The number of hydrogen-bond donors (Lipinski definition) is 2. The third kappa shape index (κ3) is 3.39. The Morgan fingerprint density at radius 2 is 1.76 bits per heavy atom. The lowest BCUT2D eigenvalue weighted by atomic mass is 10.1. The van der Waals surface area contributed by atoms with Gasteiger partial charge >= 0.3 is 0 Å². The molecule has 0 saturated carbocycles. The number of oxime groups is 1. The topological polar surface area (TPSA) is 78.9 Å². The molecule has 2 aromatic rings. The molecule has 0 aliphatic carbocycles. The number of amides is 1. The van der Waals surface area contributed by atoms with Crippen LogP contribution in [0.4, 0.5) is 5.69 Å². The van der Waals surface area contributed by atoms with Gasteiger partial charge in [0.15, 0.2) is 5.84 Å². The van der Waals surface area contributed by atoms with E-state index in [-0.39, 0.29) is 11.7 Å².